The Balaban J connectivity index is 1.65. The first-order chi connectivity index (χ1) is 8.93. The molecule has 0 unspecified atom stereocenters. The highest BCUT2D eigenvalue weighted by atomic mass is 15.3. The van der Waals surface area contributed by atoms with Crippen LogP contribution in [0.25, 0.3) is 0 Å². The number of aromatic nitrogens is 3. The normalized spacial score (nSPS) is 15.8. The first-order valence-electron chi connectivity index (χ1n) is 6.09. The molecule has 0 radical (unpaired) electrons. The van der Waals surface area contributed by atoms with E-state index in [2.05, 4.69) is 30.8 Å². The van der Waals surface area contributed by atoms with Crippen molar-refractivity contribution in [2.24, 2.45) is 0 Å². The first-order valence-corrected chi connectivity index (χ1v) is 6.09. The molecule has 2 aromatic heterocycles. The molecule has 3 heterocycles. The van der Waals surface area contributed by atoms with E-state index >= 15 is 0 Å². The average Bonchev–Trinajstić information content (AvgIpc) is 2.49. The van der Waals surface area contributed by atoms with Gasteiger partial charge in [0.05, 0.1) is 18.1 Å². The fraction of sp³-hybridized carbons (Fsp3) is 0.308. The Morgan fingerprint density at radius 1 is 0.889 bits per heavy atom. The van der Waals surface area contributed by atoms with Gasteiger partial charge in [0.1, 0.15) is 12.1 Å². The monoisotopic (exact) mass is 241 g/mol. The van der Waals surface area contributed by atoms with Crippen molar-refractivity contribution in [2.75, 3.05) is 36.0 Å². The van der Waals surface area contributed by atoms with Gasteiger partial charge < -0.3 is 9.80 Å². The average molecular weight is 241 g/mol. The van der Waals surface area contributed by atoms with Crippen LogP contribution < -0.4 is 9.80 Å². The summed E-state index contributed by atoms with van der Waals surface area (Å²) in [6.07, 6.45) is 7.13. The zero-order valence-electron chi connectivity index (χ0n) is 10.1. The minimum Gasteiger partial charge on any atom is -0.365 e. The van der Waals surface area contributed by atoms with E-state index in [-0.39, 0.29) is 0 Å². The van der Waals surface area contributed by atoms with E-state index in [0.717, 1.165) is 37.7 Å². The van der Waals surface area contributed by atoms with Crippen LogP contribution in [0.15, 0.2) is 43.1 Å². The summed E-state index contributed by atoms with van der Waals surface area (Å²) in [4.78, 5) is 17.1. The third kappa shape index (κ3) is 2.25. The SMILES string of the molecule is c1ccc(N2CCN(c3cncnc3)CC2)nc1. The Hall–Kier alpha value is -2.17. The maximum atomic E-state index is 4.38. The lowest BCUT2D eigenvalue weighted by molar-refractivity contribution is 0.645. The number of rotatable bonds is 2. The lowest BCUT2D eigenvalue weighted by Crippen LogP contribution is -2.46. The smallest absolute Gasteiger partial charge is 0.128 e. The predicted octanol–water partition coefficient (Wildman–Crippen LogP) is 1.20. The van der Waals surface area contributed by atoms with Gasteiger partial charge in [0.15, 0.2) is 0 Å². The second-order valence-electron chi connectivity index (χ2n) is 4.26. The molecule has 18 heavy (non-hydrogen) atoms. The Labute approximate surface area is 106 Å². The Morgan fingerprint density at radius 3 is 2.28 bits per heavy atom. The van der Waals surface area contributed by atoms with Crippen molar-refractivity contribution in [1.82, 2.24) is 15.0 Å². The van der Waals surface area contributed by atoms with Crippen molar-refractivity contribution in [3.05, 3.63) is 43.1 Å². The summed E-state index contributed by atoms with van der Waals surface area (Å²) in [6.45, 7) is 3.91. The molecule has 3 rings (SSSR count). The van der Waals surface area contributed by atoms with Gasteiger partial charge in [0.2, 0.25) is 0 Å². The summed E-state index contributed by atoms with van der Waals surface area (Å²) in [5.41, 5.74) is 1.10. The summed E-state index contributed by atoms with van der Waals surface area (Å²) in [7, 11) is 0. The quantitative estimate of drug-likeness (QED) is 0.790. The molecular weight excluding hydrogens is 226 g/mol. The van der Waals surface area contributed by atoms with E-state index in [1.165, 1.54) is 0 Å². The fourth-order valence-electron chi connectivity index (χ4n) is 2.19. The summed E-state index contributed by atoms with van der Waals surface area (Å²) in [5, 5.41) is 0. The first kappa shape index (κ1) is 11.0. The van der Waals surface area contributed by atoms with Crippen molar-refractivity contribution in [3.63, 3.8) is 0 Å². The van der Waals surface area contributed by atoms with E-state index in [1.54, 1.807) is 6.33 Å². The fourth-order valence-corrected chi connectivity index (χ4v) is 2.19. The zero-order valence-corrected chi connectivity index (χ0v) is 10.1. The molecule has 1 aliphatic rings. The van der Waals surface area contributed by atoms with E-state index in [4.69, 9.17) is 0 Å². The molecule has 0 amide bonds. The van der Waals surface area contributed by atoms with Gasteiger partial charge in [-0.15, -0.1) is 0 Å². The minimum absolute atomic E-state index is 0.976. The molecule has 0 aliphatic carbocycles. The zero-order chi connectivity index (χ0) is 12.2. The Kier molecular flexibility index (Phi) is 3.04. The largest absolute Gasteiger partial charge is 0.365 e. The van der Waals surface area contributed by atoms with Crippen LogP contribution in [0.2, 0.25) is 0 Å². The third-order valence-electron chi connectivity index (χ3n) is 3.17. The third-order valence-corrected chi connectivity index (χ3v) is 3.17. The maximum Gasteiger partial charge on any atom is 0.128 e. The van der Waals surface area contributed by atoms with Crippen LogP contribution in [0.3, 0.4) is 0 Å². The highest BCUT2D eigenvalue weighted by molar-refractivity contribution is 5.46. The van der Waals surface area contributed by atoms with Crippen LogP contribution in [0.1, 0.15) is 0 Å². The molecule has 1 aliphatic heterocycles. The van der Waals surface area contributed by atoms with Gasteiger partial charge in [-0.1, -0.05) is 6.07 Å². The molecule has 1 fully saturated rings. The van der Waals surface area contributed by atoms with Crippen molar-refractivity contribution in [1.29, 1.82) is 0 Å². The molecular formula is C13H15N5. The molecule has 0 bridgehead atoms. The summed E-state index contributed by atoms with van der Waals surface area (Å²) in [5.74, 6) is 1.06. The van der Waals surface area contributed by atoms with Crippen LogP contribution in [-0.2, 0) is 0 Å². The van der Waals surface area contributed by atoms with E-state index in [1.807, 2.05) is 30.7 Å². The van der Waals surface area contributed by atoms with Gasteiger partial charge in [-0.3, -0.25) is 0 Å². The highest BCUT2D eigenvalue weighted by Crippen LogP contribution is 2.16. The lowest BCUT2D eigenvalue weighted by atomic mass is 10.3. The lowest BCUT2D eigenvalue weighted by Gasteiger charge is -2.36. The van der Waals surface area contributed by atoms with Crippen LogP contribution >= 0.6 is 0 Å². The van der Waals surface area contributed by atoms with E-state index < -0.39 is 0 Å². The summed E-state index contributed by atoms with van der Waals surface area (Å²) < 4.78 is 0. The van der Waals surface area contributed by atoms with Gasteiger partial charge in [-0.25, -0.2) is 15.0 Å². The second-order valence-corrected chi connectivity index (χ2v) is 4.26. The minimum atomic E-state index is 0.976. The number of piperazine rings is 1. The second kappa shape index (κ2) is 5.00. The molecule has 0 saturated carbocycles. The van der Waals surface area contributed by atoms with Gasteiger partial charge in [-0.2, -0.15) is 0 Å². The number of anilines is 2. The van der Waals surface area contributed by atoms with Crippen molar-refractivity contribution in [3.8, 4) is 0 Å². The molecule has 0 spiro atoms. The number of nitrogens with zero attached hydrogens (tertiary/aromatic N) is 5. The van der Waals surface area contributed by atoms with Crippen molar-refractivity contribution < 1.29 is 0 Å². The summed E-state index contributed by atoms with van der Waals surface area (Å²) in [6, 6.07) is 6.03. The van der Waals surface area contributed by atoms with Crippen molar-refractivity contribution >= 4 is 11.5 Å². The number of hydrogen-bond acceptors (Lipinski definition) is 5. The Bertz CT molecular complexity index is 432. The number of hydrogen-bond donors (Lipinski definition) is 0. The van der Waals surface area contributed by atoms with Crippen LogP contribution in [0.4, 0.5) is 11.5 Å². The Morgan fingerprint density at radius 2 is 1.61 bits per heavy atom. The topological polar surface area (TPSA) is 45.2 Å². The summed E-state index contributed by atoms with van der Waals surface area (Å²) >= 11 is 0. The van der Waals surface area contributed by atoms with Gasteiger partial charge in [-0.05, 0) is 12.1 Å². The molecule has 5 nitrogen and oxygen atoms in total. The standard InChI is InChI=1S/C13H15N5/c1-2-4-16-13(3-1)18-7-5-17(6-8-18)12-9-14-11-15-10-12/h1-4,9-11H,5-8H2. The molecule has 5 heteroatoms. The van der Waals surface area contributed by atoms with Crippen molar-refractivity contribution in [2.45, 2.75) is 0 Å². The predicted molar refractivity (Wildman–Crippen MR) is 70.7 cm³/mol. The van der Waals surface area contributed by atoms with E-state index in [9.17, 15) is 0 Å². The molecule has 0 N–H and O–H groups in total. The molecule has 1 saturated heterocycles. The van der Waals surface area contributed by atoms with Gasteiger partial charge in [0.25, 0.3) is 0 Å². The molecule has 0 aromatic carbocycles. The highest BCUT2D eigenvalue weighted by Gasteiger charge is 2.18. The van der Waals surface area contributed by atoms with Crippen LogP contribution in [0.5, 0.6) is 0 Å². The van der Waals surface area contributed by atoms with Crippen LogP contribution in [-0.4, -0.2) is 41.1 Å². The van der Waals surface area contributed by atoms with Gasteiger partial charge in [0, 0.05) is 32.4 Å². The maximum absolute atomic E-state index is 4.38. The van der Waals surface area contributed by atoms with E-state index in [0.29, 0.717) is 0 Å². The van der Waals surface area contributed by atoms with Crippen LogP contribution in [0, 0.1) is 0 Å². The molecule has 2 aromatic rings. The van der Waals surface area contributed by atoms with Gasteiger partial charge >= 0.3 is 0 Å². The molecule has 0 atom stereocenters. The molecule has 92 valence electrons. The number of pyridine rings is 1.